The third-order valence-corrected chi connectivity index (χ3v) is 4.80. The molecule has 0 spiro atoms. The van der Waals surface area contributed by atoms with Gasteiger partial charge in [0.15, 0.2) is 0 Å². The molecule has 3 rings (SSSR count). The molecule has 2 amide bonds. The van der Waals surface area contributed by atoms with Crippen molar-refractivity contribution in [3.05, 3.63) is 24.3 Å². The lowest BCUT2D eigenvalue weighted by Crippen LogP contribution is -2.49. The minimum atomic E-state index is -0.303. The van der Waals surface area contributed by atoms with Gasteiger partial charge in [0.1, 0.15) is 11.9 Å². The Balaban J connectivity index is 1.47. The van der Waals surface area contributed by atoms with Gasteiger partial charge in [-0.1, -0.05) is 12.1 Å². The summed E-state index contributed by atoms with van der Waals surface area (Å²) in [5, 5.41) is 0. The molecular formula is C18H25N3O4. The first-order valence-electron chi connectivity index (χ1n) is 8.66. The number of likely N-dealkylation sites (N-methyl/N-ethyl adjacent to an activating group) is 1. The topological polar surface area (TPSA) is 62.3 Å². The molecule has 7 nitrogen and oxygen atoms in total. The van der Waals surface area contributed by atoms with E-state index in [0.29, 0.717) is 32.5 Å². The lowest BCUT2D eigenvalue weighted by molar-refractivity contribution is -0.132. The fourth-order valence-corrected chi connectivity index (χ4v) is 3.33. The van der Waals surface area contributed by atoms with Crippen LogP contribution < -0.4 is 9.64 Å². The molecule has 2 aliphatic rings. The predicted octanol–water partition coefficient (Wildman–Crippen LogP) is 1.57. The first-order chi connectivity index (χ1) is 12.1. The first-order valence-corrected chi connectivity index (χ1v) is 8.66. The molecule has 0 saturated carbocycles. The van der Waals surface area contributed by atoms with Crippen molar-refractivity contribution in [2.75, 3.05) is 51.8 Å². The number of anilines is 1. The van der Waals surface area contributed by atoms with Crippen LogP contribution in [0.3, 0.4) is 0 Å². The number of piperazine rings is 1. The van der Waals surface area contributed by atoms with Crippen molar-refractivity contribution in [1.82, 2.24) is 9.80 Å². The number of carbonyl (C=O) groups excluding carboxylic acids is 2. The van der Waals surface area contributed by atoms with E-state index in [0.717, 1.165) is 24.5 Å². The van der Waals surface area contributed by atoms with E-state index in [1.165, 1.54) is 0 Å². The second-order valence-corrected chi connectivity index (χ2v) is 6.46. The summed E-state index contributed by atoms with van der Waals surface area (Å²) < 4.78 is 10.6. The standard InChI is InChI=1S/C18H25N3O4/c1-19-13-14(25-18(19)23)7-8-17(22)21-11-9-20(10-12-21)15-5-3-4-6-16(15)24-2/h3-6,14H,7-13H2,1-2H3. The van der Waals surface area contributed by atoms with Gasteiger partial charge >= 0.3 is 6.09 Å². The molecule has 1 aromatic carbocycles. The Hall–Kier alpha value is -2.44. The molecule has 136 valence electrons. The predicted molar refractivity (Wildman–Crippen MR) is 93.9 cm³/mol. The van der Waals surface area contributed by atoms with Gasteiger partial charge in [0.05, 0.1) is 19.3 Å². The van der Waals surface area contributed by atoms with Crippen LogP contribution in [0.4, 0.5) is 10.5 Å². The lowest BCUT2D eigenvalue weighted by atomic mass is 10.1. The summed E-state index contributed by atoms with van der Waals surface area (Å²) in [6.45, 7) is 3.52. The molecule has 0 bridgehead atoms. The number of para-hydroxylation sites is 2. The van der Waals surface area contributed by atoms with Gasteiger partial charge < -0.3 is 24.2 Å². The van der Waals surface area contributed by atoms with Crippen LogP contribution >= 0.6 is 0 Å². The number of hydrogen-bond donors (Lipinski definition) is 0. The Kier molecular flexibility index (Phi) is 5.31. The summed E-state index contributed by atoms with van der Waals surface area (Å²) in [4.78, 5) is 29.4. The van der Waals surface area contributed by atoms with Crippen LogP contribution in [0.25, 0.3) is 0 Å². The Bertz CT molecular complexity index is 629. The average molecular weight is 347 g/mol. The van der Waals surface area contributed by atoms with Crippen molar-refractivity contribution >= 4 is 17.7 Å². The zero-order chi connectivity index (χ0) is 17.8. The number of amides is 2. The molecule has 2 fully saturated rings. The van der Waals surface area contributed by atoms with Crippen molar-refractivity contribution in [3.63, 3.8) is 0 Å². The maximum Gasteiger partial charge on any atom is 0.409 e. The molecule has 1 aromatic rings. The number of ether oxygens (including phenoxy) is 2. The highest BCUT2D eigenvalue weighted by Crippen LogP contribution is 2.28. The van der Waals surface area contributed by atoms with Crippen LogP contribution in [-0.4, -0.2) is 74.8 Å². The number of nitrogens with zero attached hydrogens (tertiary/aromatic N) is 3. The monoisotopic (exact) mass is 347 g/mol. The van der Waals surface area contributed by atoms with Gasteiger partial charge in [0.2, 0.25) is 5.91 Å². The summed E-state index contributed by atoms with van der Waals surface area (Å²) in [7, 11) is 3.38. The van der Waals surface area contributed by atoms with Crippen LogP contribution in [0, 0.1) is 0 Å². The van der Waals surface area contributed by atoms with Crippen LogP contribution in [-0.2, 0) is 9.53 Å². The minimum absolute atomic E-state index is 0.130. The molecule has 7 heteroatoms. The second-order valence-electron chi connectivity index (χ2n) is 6.46. The summed E-state index contributed by atoms with van der Waals surface area (Å²) >= 11 is 0. The van der Waals surface area contributed by atoms with E-state index >= 15 is 0 Å². The molecular weight excluding hydrogens is 322 g/mol. The van der Waals surface area contributed by atoms with Gasteiger partial charge in [0.25, 0.3) is 0 Å². The normalized spacial score (nSPS) is 20.6. The van der Waals surface area contributed by atoms with Gasteiger partial charge in [-0.05, 0) is 18.6 Å². The van der Waals surface area contributed by atoms with E-state index in [4.69, 9.17) is 9.47 Å². The van der Waals surface area contributed by atoms with Crippen LogP contribution in [0.1, 0.15) is 12.8 Å². The highest BCUT2D eigenvalue weighted by Gasteiger charge is 2.29. The van der Waals surface area contributed by atoms with E-state index in [9.17, 15) is 9.59 Å². The van der Waals surface area contributed by atoms with E-state index < -0.39 is 0 Å². The Labute approximate surface area is 148 Å². The SMILES string of the molecule is COc1ccccc1N1CCN(C(=O)CCC2CN(C)C(=O)O2)CC1. The van der Waals surface area contributed by atoms with Crippen LogP contribution in [0.2, 0.25) is 0 Å². The maximum atomic E-state index is 12.4. The zero-order valence-corrected chi connectivity index (χ0v) is 14.8. The second kappa shape index (κ2) is 7.63. The summed E-state index contributed by atoms with van der Waals surface area (Å²) in [6, 6.07) is 7.94. The number of carbonyl (C=O) groups is 2. The zero-order valence-electron chi connectivity index (χ0n) is 14.8. The van der Waals surface area contributed by atoms with Crippen molar-refractivity contribution in [2.45, 2.75) is 18.9 Å². The van der Waals surface area contributed by atoms with Gasteiger partial charge in [-0.2, -0.15) is 0 Å². The molecule has 0 N–H and O–H groups in total. The quantitative estimate of drug-likeness (QED) is 0.809. The number of rotatable bonds is 5. The van der Waals surface area contributed by atoms with E-state index in [2.05, 4.69) is 4.90 Å². The van der Waals surface area contributed by atoms with E-state index in [1.807, 2.05) is 29.2 Å². The van der Waals surface area contributed by atoms with Crippen LogP contribution in [0.15, 0.2) is 24.3 Å². The number of hydrogen-bond acceptors (Lipinski definition) is 5. The molecule has 0 aromatic heterocycles. The Morgan fingerprint density at radius 1 is 1.24 bits per heavy atom. The summed E-state index contributed by atoms with van der Waals surface area (Å²) in [5.41, 5.74) is 1.07. The molecule has 1 unspecified atom stereocenters. The van der Waals surface area contributed by atoms with Crippen molar-refractivity contribution in [2.24, 2.45) is 0 Å². The smallest absolute Gasteiger partial charge is 0.409 e. The molecule has 2 heterocycles. The Morgan fingerprint density at radius 2 is 1.96 bits per heavy atom. The fraction of sp³-hybridized carbons (Fsp3) is 0.556. The van der Waals surface area contributed by atoms with Gasteiger partial charge in [0, 0.05) is 39.6 Å². The molecule has 2 aliphatic heterocycles. The molecule has 0 aliphatic carbocycles. The van der Waals surface area contributed by atoms with Crippen molar-refractivity contribution in [1.29, 1.82) is 0 Å². The maximum absolute atomic E-state index is 12.4. The number of methoxy groups -OCH3 is 1. The minimum Gasteiger partial charge on any atom is -0.495 e. The van der Waals surface area contributed by atoms with Crippen LogP contribution in [0.5, 0.6) is 5.75 Å². The number of benzene rings is 1. The highest BCUT2D eigenvalue weighted by atomic mass is 16.6. The van der Waals surface area contributed by atoms with Gasteiger partial charge in [-0.25, -0.2) is 4.79 Å². The van der Waals surface area contributed by atoms with E-state index in [-0.39, 0.29) is 18.1 Å². The van der Waals surface area contributed by atoms with E-state index in [1.54, 1.807) is 19.1 Å². The van der Waals surface area contributed by atoms with Gasteiger partial charge in [-0.15, -0.1) is 0 Å². The molecule has 25 heavy (non-hydrogen) atoms. The third kappa shape index (κ3) is 3.97. The van der Waals surface area contributed by atoms with Crippen molar-refractivity contribution < 1.29 is 19.1 Å². The first kappa shape index (κ1) is 17.4. The molecule has 2 saturated heterocycles. The average Bonchev–Trinajstić information content (AvgIpc) is 2.97. The largest absolute Gasteiger partial charge is 0.495 e. The third-order valence-electron chi connectivity index (χ3n) is 4.80. The fourth-order valence-electron chi connectivity index (χ4n) is 3.33. The molecule has 0 radical (unpaired) electrons. The lowest BCUT2D eigenvalue weighted by Gasteiger charge is -2.36. The molecule has 1 atom stereocenters. The number of cyclic esters (lactones) is 1. The van der Waals surface area contributed by atoms with Gasteiger partial charge in [-0.3, -0.25) is 4.79 Å². The highest BCUT2D eigenvalue weighted by molar-refractivity contribution is 5.77. The Morgan fingerprint density at radius 3 is 2.60 bits per heavy atom. The summed E-state index contributed by atoms with van der Waals surface area (Å²) in [5.74, 6) is 0.986. The van der Waals surface area contributed by atoms with Crippen molar-refractivity contribution in [3.8, 4) is 5.75 Å². The summed E-state index contributed by atoms with van der Waals surface area (Å²) in [6.07, 6.45) is 0.529.